The Morgan fingerprint density at radius 1 is 1.11 bits per heavy atom. The molecule has 1 aromatic carbocycles. The molecule has 0 aliphatic carbocycles. The van der Waals surface area contributed by atoms with Gasteiger partial charge in [0.15, 0.2) is 12.2 Å². The van der Waals surface area contributed by atoms with Gasteiger partial charge in [-0.3, -0.25) is 0 Å². The monoisotopic (exact) mass is 254 g/mol. The minimum absolute atomic E-state index is 0.0510. The second kappa shape index (κ2) is 6.73. The summed E-state index contributed by atoms with van der Waals surface area (Å²) in [7, 11) is 1.04. The molecule has 6 heteroatoms. The van der Waals surface area contributed by atoms with Gasteiger partial charge in [0.1, 0.15) is 6.61 Å². The summed E-state index contributed by atoms with van der Waals surface area (Å²) in [5, 5.41) is 18.6. The van der Waals surface area contributed by atoms with E-state index in [-0.39, 0.29) is 6.61 Å². The number of aliphatic hydroxyl groups is 2. The topological polar surface area (TPSA) is 93.1 Å². The zero-order valence-electron chi connectivity index (χ0n) is 9.78. The average molecular weight is 254 g/mol. The number of hydrogen-bond donors (Lipinski definition) is 2. The Hall–Kier alpha value is -1.92. The van der Waals surface area contributed by atoms with Crippen molar-refractivity contribution in [2.45, 2.75) is 18.8 Å². The Bertz CT molecular complexity index is 402. The molecule has 0 amide bonds. The lowest BCUT2D eigenvalue weighted by molar-refractivity contribution is -0.172. The molecule has 1 aromatic rings. The first-order chi connectivity index (χ1) is 8.56. The quantitative estimate of drug-likeness (QED) is 0.696. The number of carbonyl (C=O) groups excluding carboxylic acids is 2. The van der Waals surface area contributed by atoms with Crippen molar-refractivity contribution in [3.05, 3.63) is 35.9 Å². The lowest BCUT2D eigenvalue weighted by Gasteiger charge is -2.14. The van der Waals surface area contributed by atoms with Gasteiger partial charge in [0, 0.05) is 0 Å². The Morgan fingerprint density at radius 2 is 1.67 bits per heavy atom. The van der Waals surface area contributed by atoms with Crippen molar-refractivity contribution in [1.29, 1.82) is 0 Å². The normalized spacial score (nSPS) is 13.5. The van der Waals surface area contributed by atoms with E-state index in [9.17, 15) is 19.8 Å². The van der Waals surface area contributed by atoms with Gasteiger partial charge in [-0.05, 0) is 5.56 Å². The Balaban J connectivity index is 2.48. The first-order valence-corrected chi connectivity index (χ1v) is 5.20. The van der Waals surface area contributed by atoms with Crippen LogP contribution >= 0.6 is 0 Å². The molecule has 0 aromatic heterocycles. The minimum Gasteiger partial charge on any atom is -0.467 e. The van der Waals surface area contributed by atoms with E-state index in [2.05, 4.69) is 4.74 Å². The lowest BCUT2D eigenvalue weighted by atomic mass is 10.2. The van der Waals surface area contributed by atoms with Crippen LogP contribution in [0.4, 0.5) is 0 Å². The van der Waals surface area contributed by atoms with E-state index in [0.717, 1.165) is 12.7 Å². The molecule has 0 aliphatic rings. The third-order valence-electron chi connectivity index (χ3n) is 2.21. The van der Waals surface area contributed by atoms with Crippen LogP contribution in [0.1, 0.15) is 5.56 Å². The molecule has 0 saturated carbocycles. The van der Waals surface area contributed by atoms with E-state index in [1.807, 2.05) is 0 Å². The molecule has 0 spiro atoms. The summed E-state index contributed by atoms with van der Waals surface area (Å²) < 4.78 is 8.94. The standard InChI is InChI=1S/C12H14O6/c1-17-11(15)9(13)10(14)12(16)18-7-8-5-3-2-4-6-8/h2-6,9-10,13-14H,7H2,1H3/t9-,10-/m1/s1. The van der Waals surface area contributed by atoms with Gasteiger partial charge >= 0.3 is 11.9 Å². The largest absolute Gasteiger partial charge is 0.467 e. The van der Waals surface area contributed by atoms with Crippen molar-refractivity contribution in [2.24, 2.45) is 0 Å². The molecule has 0 radical (unpaired) electrons. The zero-order chi connectivity index (χ0) is 13.5. The number of benzene rings is 1. The third-order valence-corrected chi connectivity index (χ3v) is 2.21. The molecule has 2 atom stereocenters. The SMILES string of the molecule is COC(=O)[C@H](O)[C@@H](O)C(=O)OCc1ccccc1. The molecule has 0 heterocycles. The van der Waals surface area contributed by atoms with Crippen molar-refractivity contribution < 1.29 is 29.3 Å². The highest BCUT2D eigenvalue weighted by atomic mass is 16.6. The Labute approximate surface area is 104 Å². The molecule has 1 rings (SSSR count). The molecule has 0 aliphatic heterocycles. The van der Waals surface area contributed by atoms with Gasteiger partial charge < -0.3 is 19.7 Å². The van der Waals surface area contributed by atoms with Gasteiger partial charge in [-0.15, -0.1) is 0 Å². The third kappa shape index (κ3) is 3.83. The van der Waals surface area contributed by atoms with E-state index in [1.165, 1.54) is 0 Å². The average Bonchev–Trinajstić information content (AvgIpc) is 2.43. The van der Waals surface area contributed by atoms with Gasteiger partial charge in [0.2, 0.25) is 0 Å². The fourth-order valence-electron chi connectivity index (χ4n) is 1.19. The van der Waals surface area contributed by atoms with Crippen LogP contribution in [0.25, 0.3) is 0 Å². The first-order valence-electron chi connectivity index (χ1n) is 5.20. The maximum atomic E-state index is 11.3. The van der Waals surface area contributed by atoms with Crippen molar-refractivity contribution >= 4 is 11.9 Å². The maximum Gasteiger partial charge on any atom is 0.338 e. The van der Waals surface area contributed by atoms with Crippen LogP contribution in [0, 0.1) is 0 Å². The van der Waals surface area contributed by atoms with Crippen LogP contribution in [-0.4, -0.2) is 41.5 Å². The Kier molecular flexibility index (Phi) is 5.29. The number of esters is 2. The smallest absolute Gasteiger partial charge is 0.338 e. The summed E-state index contributed by atoms with van der Waals surface area (Å²) in [5.74, 6) is -2.18. The van der Waals surface area contributed by atoms with Crippen LogP contribution in [0.15, 0.2) is 30.3 Å². The highest BCUT2D eigenvalue weighted by molar-refractivity contribution is 5.85. The van der Waals surface area contributed by atoms with Crippen LogP contribution in [0.3, 0.4) is 0 Å². The molecular formula is C12H14O6. The fourth-order valence-corrected chi connectivity index (χ4v) is 1.19. The molecule has 2 N–H and O–H groups in total. The summed E-state index contributed by atoms with van der Waals surface area (Å²) in [6.07, 6.45) is -3.90. The zero-order valence-corrected chi connectivity index (χ0v) is 9.78. The van der Waals surface area contributed by atoms with Crippen molar-refractivity contribution in [1.82, 2.24) is 0 Å². The van der Waals surface area contributed by atoms with Crippen LogP contribution in [-0.2, 0) is 25.7 Å². The second-order valence-electron chi connectivity index (χ2n) is 3.51. The number of rotatable bonds is 5. The molecule has 18 heavy (non-hydrogen) atoms. The van der Waals surface area contributed by atoms with E-state index in [4.69, 9.17) is 4.74 Å². The van der Waals surface area contributed by atoms with E-state index in [1.54, 1.807) is 30.3 Å². The fraction of sp³-hybridized carbons (Fsp3) is 0.333. The van der Waals surface area contributed by atoms with Gasteiger partial charge in [-0.25, -0.2) is 9.59 Å². The highest BCUT2D eigenvalue weighted by Gasteiger charge is 2.32. The highest BCUT2D eigenvalue weighted by Crippen LogP contribution is 2.04. The second-order valence-corrected chi connectivity index (χ2v) is 3.51. The molecule has 0 unspecified atom stereocenters. The Morgan fingerprint density at radius 3 is 2.22 bits per heavy atom. The van der Waals surface area contributed by atoms with Gasteiger partial charge in [-0.1, -0.05) is 30.3 Å². The van der Waals surface area contributed by atoms with Crippen LogP contribution < -0.4 is 0 Å². The van der Waals surface area contributed by atoms with E-state index < -0.39 is 24.1 Å². The van der Waals surface area contributed by atoms with Gasteiger partial charge in [-0.2, -0.15) is 0 Å². The number of ether oxygens (including phenoxy) is 2. The van der Waals surface area contributed by atoms with Crippen LogP contribution in [0.2, 0.25) is 0 Å². The van der Waals surface area contributed by atoms with Crippen LogP contribution in [0.5, 0.6) is 0 Å². The van der Waals surface area contributed by atoms with Gasteiger partial charge in [0.25, 0.3) is 0 Å². The predicted octanol–water partition coefficient (Wildman–Crippen LogP) is -0.375. The molecule has 6 nitrogen and oxygen atoms in total. The minimum atomic E-state index is -1.96. The van der Waals surface area contributed by atoms with Gasteiger partial charge in [0.05, 0.1) is 7.11 Å². The van der Waals surface area contributed by atoms with E-state index >= 15 is 0 Å². The molecule has 0 bridgehead atoms. The number of carbonyl (C=O) groups is 2. The summed E-state index contributed by atoms with van der Waals surface area (Å²) in [6, 6.07) is 8.81. The summed E-state index contributed by atoms with van der Waals surface area (Å²) in [5.41, 5.74) is 0.727. The van der Waals surface area contributed by atoms with Crippen molar-refractivity contribution in [3.8, 4) is 0 Å². The molecule has 0 fully saturated rings. The van der Waals surface area contributed by atoms with Crippen molar-refractivity contribution in [2.75, 3.05) is 7.11 Å². The number of hydrogen-bond acceptors (Lipinski definition) is 6. The molecule has 98 valence electrons. The summed E-state index contributed by atoms with van der Waals surface area (Å²) in [4.78, 5) is 22.2. The predicted molar refractivity (Wildman–Crippen MR) is 60.3 cm³/mol. The van der Waals surface area contributed by atoms with Crippen molar-refractivity contribution in [3.63, 3.8) is 0 Å². The number of methoxy groups -OCH3 is 1. The first kappa shape index (κ1) is 14.1. The maximum absolute atomic E-state index is 11.3. The molecular weight excluding hydrogens is 240 g/mol. The summed E-state index contributed by atoms with van der Waals surface area (Å²) >= 11 is 0. The summed E-state index contributed by atoms with van der Waals surface area (Å²) in [6.45, 7) is -0.0510. The lowest BCUT2D eigenvalue weighted by Crippen LogP contribution is -2.41. The van der Waals surface area contributed by atoms with E-state index in [0.29, 0.717) is 0 Å². The number of aliphatic hydroxyl groups excluding tert-OH is 2. The molecule has 0 saturated heterocycles.